The van der Waals surface area contributed by atoms with Gasteiger partial charge in [-0.15, -0.1) is 0 Å². The van der Waals surface area contributed by atoms with Gasteiger partial charge in [-0.2, -0.15) is 0 Å². The molecule has 0 saturated heterocycles. The summed E-state index contributed by atoms with van der Waals surface area (Å²) in [6, 6.07) is 5.75. The SMILES string of the molecule is CCc1cc(C(C)=O)c(O)cc1OCc1cccc(C(=O)N[C@@H](CC(=O)O)C(=O)O)n1. The van der Waals surface area contributed by atoms with Gasteiger partial charge in [0.1, 0.15) is 29.8 Å². The van der Waals surface area contributed by atoms with Crippen molar-refractivity contribution in [1.82, 2.24) is 10.3 Å². The molecule has 1 atom stereocenters. The van der Waals surface area contributed by atoms with Crippen LogP contribution in [0.25, 0.3) is 0 Å². The minimum Gasteiger partial charge on any atom is -0.507 e. The van der Waals surface area contributed by atoms with Crippen molar-refractivity contribution in [3.63, 3.8) is 0 Å². The fourth-order valence-corrected chi connectivity index (χ4v) is 2.75. The number of carbonyl (C=O) groups excluding carboxylic acids is 2. The van der Waals surface area contributed by atoms with E-state index in [0.29, 0.717) is 23.4 Å². The lowest BCUT2D eigenvalue weighted by atomic mass is 10.0. The van der Waals surface area contributed by atoms with Gasteiger partial charge in [0.05, 0.1) is 17.7 Å². The number of carboxylic acid groups (broad SMARTS) is 2. The summed E-state index contributed by atoms with van der Waals surface area (Å²) in [4.78, 5) is 49.9. The number of hydrogen-bond donors (Lipinski definition) is 4. The molecule has 10 nitrogen and oxygen atoms in total. The quantitative estimate of drug-likeness (QED) is 0.411. The molecule has 1 aromatic carbocycles. The number of rotatable bonds is 10. The van der Waals surface area contributed by atoms with Crippen LogP contribution < -0.4 is 10.1 Å². The number of phenols is 1. The molecule has 0 bridgehead atoms. The van der Waals surface area contributed by atoms with Crippen molar-refractivity contribution in [2.24, 2.45) is 0 Å². The van der Waals surface area contributed by atoms with E-state index in [-0.39, 0.29) is 29.4 Å². The number of phenolic OH excluding ortho intramolecular Hbond substituents is 1. The Morgan fingerprint density at radius 2 is 1.87 bits per heavy atom. The molecule has 1 aromatic heterocycles. The van der Waals surface area contributed by atoms with E-state index in [4.69, 9.17) is 14.9 Å². The molecule has 2 aromatic rings. The monoisotopic (exact) mass is 430 g/mol. The van der Waals surface area contributed by atoms with Crippen molar-refractivity contribution in [3.8, 4) is 11.5 Å². The first-order valence-electron chi connectivity index (χ1n) is 9.33. The van der Waals surface area contributed by atoms with E-state index in [2.05, 4.69) is 10.3 Å². The van der Waals surface area contributed by atoms with Crippen LogP contribution in [0.1, 0.15) is 52.4 Å². The molecule has 31 heavy (non-hydrogen) atoms. The number of aryl methyl sites for hydroxylation is 1. The smallest absolute Gasteiger partial charge is 0.326 e. The van der Waals surface area contributed by atoms with Gasteiger partial charge in [0.25, 0.3) is 5.91 Å². The molecule has 0 aliphatic heterocycles. The summed E-state index contributed by atoms with van der Waals surface area (Å²) in [6.07, 6.45) is -0.227. The summed E-state index contributed by atoms with van der Waals surface area (Å²) >= 11 is 0. The van der Waals surface area contributed by atoms with Crippen LogP contribution in [0.5, 0.6) is 11.5 Å². The number of nitrogens with zero attached hydrogens (tertiary/aromatic N) is 1. The molecule has 0 aliphatic carbocycles. The summed E-state index contributed by atoms with van der Waals surface area (Å²) in [7, 11) is 0. The molecule has 0 aliphatic rings. The van der Waals surface area contributed by atoms with Crippen LogP contribution in [0.3, 0.4) is 0 Å². The Morgan fingerprint density at radius 1 is 1.16 bits per heavy atom. The molecule has 1 heterocycles. The number of aliphatic carboxylic acids is 2. The van der Waals surface area contributed by atoms with Crippen LogP contribution in [-0.4, -0.2) is 50.0 Å². The van der Waals surface area contributed by atoms with Crippen molar-refractivity contribution in [1.29, 1.82) is 0 Å². The molecule has 164 valence electrons. The first-order valence-corrected chi connectivity index (χ1v) is 9.33. The number of Topliss-reactive ketones (excluding diaryl/α,β-unsaturated/α-hetero) is 1. The van der Waals surface area contributed by atoms with Crippen LogP contribution in [0.15, 0.2) is 30.3 Å². The van der Waals surface area contributed by atoms with Crippen LogP contribution in [0, 0.1) is 0 Å². The van der Waals surface area contributed by atoms with E-state index in [1.54, 1.807) is 12.1 Å². The number of carboxylic acids is 2. The van der Waals surface area contributed by atoms with E-state index in [1.165, 1.54) is 25.1 Å². The zero-order valence-corrected chi connectivity index (χ0v) is 16.9. The minimum atomic E-state index is -1.60. The summed E-state index contributed by atoms with van der Waals surface area (Å²) in [5.41, 5.74) is 1.13. The average Bonchev–Trinajstić information content (AvgIpc) is 2.71. The maximum absolute atomic E-state index is 12.3. The van der Waals surface area contributed by atoms with E-state index in [1.807, 2.05) is 6.92 Å². The first-order chi connectivity index (χ1) is 14.6. The van der Waals surface area contributed by atoms with Crippen molar-refractivity contribution in [3.05, 3.63) is 52.8 Å². The number of aromatic nitrogens is 1. The Labute approximate surface area is 177 Å². The Hall–Kier alpha value is -3.95. The number of amides is 1. The molecule has 0 saturated carbocycles. The lowest BCUT2D eigenvalue weighted by Gasteiger charge is -2.14. The van der Waals surface area contributed by atoms with Crippen molar-refractivity contribution in [2.45, 2.75) is 39.3 Å². The van der Waals surface area contributed by atoms with Gasteiger partial charge < -0.3 is 25.4 Å². The Kier molecular flexibility index (Phi) is 7.67. The molecule has 2 rings (SSSR count). The lowest BCUT2D eigenvalue weighted by Crippen LogP contribution is -2.42. The summed E-state index contributed by atoms with van der Waals surface area (Å²) in [5, 5.41) is 30.0. The zero-order chi connectivity index (χ0) is 23.1. The van der Waals surface area contributed by atoms with Crippen molar-refractivity contribution < 1.29 is 39.2 Å². The molecule has 4 N–H and O–H groups in total. The van der Waals surface area contributed by atoms with Crippen LogP contribution >= 0.6 is 0 Å². The number of nitrogens with one attached hydrogen (secondary N) is 1. The summed E-state index contributed by atoms with van der Waals surface area (Å²) in [6.45, 7) is 3.15. The van der Waals surface area contributed by atoms with Crippen LogP contribution in [0.2, 0.25) is 0 Å². The summed E-state index contributed by atoms with van der Waals surface area (Å²) in [5.74, 6) is -3.81. The second-order valence-corrected chi connectivity index (χ2v) is 6.65. The van der Waals surface area contributed by atoms with Gasteiger partial charge in [-0.1, -0.05) is 13.0 Å². The van der Waals surface area contributed by atoms with Crippen molar-refractivity contribution in [2.75, 3.05) is 0 Å². The van der Waals surface area contributed by atoms with Gasteiger partial charge in [-0.3, -0.25) is 14.4 Å². The average molecular weight is 430 g/mol. The maximum atomic E-state index is 12.3. The lowest BCUT2D eigenvalue weighted by molar-refractivity contribution is -0.145. The molecule has 0 radical (unpaired) electrons. The largest absolute Gasteiger partial charge is 0.507 e. The zero-order valence-electron chi connectivity index (χ0n) is 16.9. The number of benzene rings is 1. The molecule has 0 unspecified atom stereocenters. The third-order valence-corrected chi connectivity index (χ3v) is 4.34. The van der Waals surface area contributed by atoms with Crippen LogP contribution in [-0.2, 0) is 22.6 Å². The number of ether oxygens (including phenoxy) is 1. The molecule has 0 fully saturated rings. The first kappa shape index (κ1) is 23.3. The van der Waals surface area contributed by atoms with Gasteiger partial charge in [0, 0.05) is 6.07 Å². The summed E-state index contributed by atoms with van der Waals surface area (Å²) < 4.78 is 5.70. The molecule has 1 amide bonds. The number of carbonyl (C=O) groups is 4. The van der Waals surface area contributed by atoms with Gasteiger partial charge in [-0.25, -0.2) is 9.78 Å². The van der Waals surface area contributed by atoms with Gasteiger partial charge in [-0.05, 0) is 37.1 Å². The second-order valence-electron chi connectivity index (χ2n) is 6.65. The Morgan fingerprint density at radius 3 is 2.45 bits per heavy atom. The topological polar surface area (TPSA) is 163 Å². The molecular weight excluding hydrogens is 408 g/mol. The van der Waals surface area contributed by atoms with Gasteiger partial charge in [0.2, 0.25) is 0 Å². The van der Waals surface area contributed by atoms with E-state index in [0.717, 1.165) is 0 Å². The van der Waals surface area contributed by atoms with Gasteiger partial charge in [0.15, 0.2) is 5.78 Å². The van der Waals surface area contributed by atoms with E-state index in [9.17, 15) is 24.3 Å². The molecule has 10 heteroatoms. The normalized spacial score (nSPS) is 11.4. The predicted octanol–water partition coefficient (Wildman–Crippen LogP) is 1.79. The third-order valence-electron chi connectivity index (χ3n) is 4.34. The Bertz CT molecular complexity index is 1020. The fourth-order valence-electron chi connectivity index (χ4n) is 2.75. The third kappa shape index (κ3) is 6.26. The standard InChI is InChI=1S/C21H22N2O8/c1-3-12-7-14(11(2)24)17(25)9-18(12)31-10-13-5-4-6-15(22-13)20(28)23-16(21(29)30)8-19(26)27/h4-7,9,16,25H,3,8,10H2,1-2H3,(H,23,28)(H,26,27)(H,29,30)/t16-/m0/s1. The highest BCUT2D eigenvalue weighted by Gasteiger charge is 2.24. The number of hydrogen-bond acceptors (Lipinski definition) is 7. The number of pyridine rings is 1. The number of aromatic hydroxyl groups is 1. The Balaban J connectivity index is 2.15. The maximum Gasteiger partial charge on any atom is 0.326 e. The van der Waals surface area contributed by atoms with Gasteiger partial charge >= 0.3 is 11.9 Å². The van der Waals surface area contributed by atoms with Crippen LogP contribution in [0.4, 0.5) is 0 Å². The van der Waals surface area contributed by atoms with Crippen molar-refractivity contribution >= 4 is 23.6 Å². The highest BCUT2D eigenvalue weighted by atomic mass is 16.5. The predicted molar refractivity (Wildman–Crippen MR) is 107 cm³/mol. The fraction of sp³-hybridized carbons (Fsp3) is 0.286. The van der Waals surface area contributed by atoms with E-state index >= 15 is 0 Å². The minimum absolute atomic E-state index is 0.0650. The second kappa shape index (κ2) is 10.2. The molecular formula is C21H22N2O8. The highest BCUT2D eigenvalue weighted by molar-refractivity contribution is 5.97. The molecule has 0 spiro atoms. The van der Waals surface area contributed by atoms with E-state index < -0.39 is 30.3 Å². The number of ketones is 1. The highest BCUT2D eigenvalue weighted by Crippen LogP contribution is 2.29.